The van der Waals surface area contributed by atoms with Gasteiger partial charge in [0.25, 0.3) is 5.56 Å². The highest BCUT2D eigenvalue weighted by Gasteiger charge is 2.19. The van der Waals surface area contributed by atoms with Crippen molar-refractivity contribution in [2.24, 2.45) is 0 Å². The number of nitrogens with one attached hydrogen (secondary N) is 1. The number of aromatic amines is 1. The molecule has 0 saturated carbocycles. The zero-order valence-electron chi connectivity index (χ0n) is 13.0. The third-order valence-corrected chi connectivity index (χ3v) is 3.59. The number of esters is 1. The molecule has 1 aromatic heterocycles. The number of hydrogen-bond acceptors (Lipinski definition) is 6. The summed E-state index contributed by atoms with van der Waals surface area (Å²) >= 11 is 1.25. The van der Waals surface area contributed by atoms with Gasteiger partial charge >= 0.3 is 5.97 Å². The van der Waals surface area contributed by atoms with Crippen LogP contribution in [0.3, 0.4) is 0 Å². The van der Waals surface area contributed by atoms with Crippen LogP contribution in [0.1, 0.15) is 28.5 Å². The molecule has 1 heterocycles. The first-order chi connectivity index (χ1) is 11.2. The number of thioether (sulfide) groups is 1. The maximum absolute atomic E-state index is 12.2. The monoisotopic (exact) mass is 334 g/mol. The van der Waals surface area contributed by atoms with Gasteiger partial charge < -0.3 is 14.5 Å². The van der Waals surface area contributed by atoms with E-state index in [-0.39, 0.29) is 30.0 Å². The van der Waals surface area contributed by atoms with E-state index in [4.69, 9.17) is 9.47 Å². The Kier molecular flexibility index (Phi) is 6.37. The molecule has 0 aliphatic rings. The predicted octanol–water partition coefficient (Wildman–Crippen LogP) is 2.39. The Balaban J connectivity index is 2.19. The first kappa shape index (κ1) is 17.2. The van der Waals surface area contributed by atoms with E-state index in [0.717, 1.165) is 5.56 Å². The van der Waals surface area contributed by atoms with E-state index in [1.54, 1.807) is 13.2 Å². The van der Waals surface area contributed by atoms with E-state index in [9.17, 15) is 9.59 Å². The number of ether oxygens (including phenoxy) is 2. The summed E-state index contributed by atoms with van der Waals surface area (Å²) in [6.45, 7) is 2.24. The van der Waals surface area contributed by atoms with Crippen molar-refractivity contribution in [2.45, 2.75) is 25.3 Å². The first-order valence-corrected chi connectivity index (χ1v) is 8.34. The van der Waals surface area contributed by atoms with Gasteiger partial charge in [-0.1, -0.05) is 42.1 Å². The number of carbonyl (C=O) groups is 1. The van der Waals surface area contributed by atoms with Crippen LogP contribution in [0, 0.1) is 0 Å². The highest BCUT2D eigenvalue weighted by molar-refractivity contribution is 7.98. The second kappa shape index (κ2) is 8.50. The second-order valence-corrected chi connectivity index (χ2v) is 5.40. The molecular formula is C16H18N2O4S. The van der Waals surface area contributed by atoms with Crippen molar-refractivity contribution >= 4 is 17.7 Å². The van der Waals surface area contributed by atoms with Crippen molar-refractivity contribution in [2.75, 3.05) is 12.9 Å². The van der Waals surface area contributed by atoms with Gasteiger partial charge in [-0.25, -0.2) is 9.78 Å². The summed E-state index contributed by atoms with van der Waals surface area (Å²) in [5.74, 6) is -0.618. The topological polar surface area (TPSA) is 81.3 Å². The standard InChI is InChI=1S/C16H18N2O4S/c1-3-22-15(20)13-12(14(19)18-16(17-13)23-2)10-21-9-11-7-5-4-6-8-11/h4-8H,3,9-10H2,1-2H3,(H,17,18,19). The fourth-order valence-electron chi connectivity index (χ4n) is 1.92. The predicted molar refractivity (Wildman–Crippen MR) is 87.5 cm³/mol. The summed E-state index contributed by atoms with van der Waals surface area (Å²) < 4.78 is 10.5. The average molecular weight is 334 g/mol. The van der Waals surface area contributed by atoms with E-state index in [1.165, 1.54) is 11.8 Å². The van der Waals surface area contributed by atoms with Gasteiger partial charge in [-0.05, 0) is 18.7 Å². The minimum absolute atomic E-state index is 0.00742. The minimum atomic E-state index is -0.618. The van der Waals surface area contributed by atoms with Crippen LogP contribution in [0.15, 0.2) is 40.3 Å². The summed E-state index contributed by atoms with van der Waals surface area (Å²) in [5, 5.41) is 0.366. The third-order valence-electron chi connectivity index (χ3n) is 3.01. The second-order valence-electron chi connectivity index (χ2n) is 4.60. The van der Waals surface area contributed by atoms with Gasteiger partial charge in [-0.15, -0.1) is 0 Å². The molecule has 2 rings (SSSR count). The lowest BCUT2D eigenvalue weighted by molar-refractivity contribution is 0.0506. The molecule has 0 saturated heterocycles. The largest absolute Gasteiger partial charge is 0.461 e. The lowest BCUT2D eigenvalue weighted by atomic mass is 10.2. The van der Waals surface area contributed by atoms with Crippen molar-refractivity contribution in [1.29, 1.82) is 0 Å². The third kappa shape index (κ3) is 4.67. The van der Waals surface area contributed by atoms with Gasteiger partial charge in [0.2, 0.25) is 0 Å². The molecule has 6 nitrogen and oxygen atoms in total. The van der Waals surface area contributed by atoms with Gasteiger partial charge in [0.05, 0.1) is 25.4 Å². The lowest BCUT2D eigenvalue weighted by Gasteiger charge is -2.09. The normalized spacial score (nSPS) is 10.5. The van der Waals surface area contributed by atoms with Crippen molar-refractivity contribution < 1.29 is 14.3 Å². The molecule has 0 unspecified atom stereocenters. The number of hydrogen-bond donors (Lipinski definition) is 1. The Morgan fingerprint density at radius 1 is 1.26 bits per heavy atom. The minimum Gasteiger partial charge on any atom is -0.461 e. The number of benzene rings is 1. The first-order valence-electron chi connectivity index (χ1n) is 7.11. The zero-order valence-corrected chi connectivity index (χ0v) is 13.8. The Labute approximate surface area is 138 Å². The summed E-state index contributed by atoms with van der Waals surface area (Å²) in [6, 6.07) is 9.57. The Hall–Kier alpha value is -2.12. The highest BCUT2D eigenvalue weighted by atomic mass is 32.2. The van der Waals surface area contributed by atoms with Gasteiger partial charge in [-0.3, -0.25) is 4.79 Å². The molecule has 0 bridgehead atoms. The van der Waals surface area contributed by atoms with Gasteiger partial charge in [0.1, 0.15) is 0 Å². The number of H-pyrrole nitrogens is 1. The molecule has 23 heavy (non-hydrogen) atoms. The number of rotatable bonds is 7. The van der Waals surface area contributed by atoms with Crippen LogP contribution in [0.25, 0.3) is 0 Å². The van der Waals surface area contributed by atoms with E-state index in [1.807, 2.05) is 30.3 Å². The Bertz CT molecular complexity index is 716. The zero-order chi connectivity index (χ0) is 16.7. The molecule has 0 fully saturated rings. The summed E-state index contributed by atoms with van der Waals surface area (Å²) in [5.41, 5.74) is 0.779. The van der Waals surface area contributed by atoms with E-state index in [2.05, 4.69) is 9.97 Å². The van der Waals surface area contributed by atoms with Crippen LogP contribution in [0.4, 0.5) is 0 Å². The maximum atomic E-state index is 12.2. The van der Waals surface area contributed by atoms with Crippen LogP contribution in [0.2, 0.25) is 0 Å². The van der Waals surface area contributed by atoms with Crippen molar-refractivity contribution in [3.8, 4) is 0 Å². The molecule has 2 aromatic rings. The molecule has 122 valence electrons. The SMILES string of the molecule is CCOC(=O)c1nc(SC)[nH]c(=O)c1COCc1ccccc1. The van der Waals surface area contributed by atoms with Crippen molar-refractivity contribution in [3.63, 3.8) is 0 Å². The van der Waals surface area contributed by atoms with Crippen molar-refractivity contribution in [3.05, 3.63) is 57.5 Å². The smallest absolute Gasteiger partial charge is 0.357 e. The molecule has 0 aliphatic carbocycles. The maximum Gasteiger partial charge on any atom is 0.357 e. The fraction of sp³-hybridized carbons (Fsp3) is 0.312. The summed E-state index contributed by atoms with van der Waals surface area (Å²) in [4.78, 5) is 31.0. The van der Waals surface area contributed by atoms with E-state index >= 15 is 0 Å². The van der Waals surface area contributed by atoms with Crippen LogP contribution in [-0.4, -0.2) is 28.8 Å². The number of nitrogens with zero attached hydrogens (tertiary/aromatic N) is 1. The van der Waals surface area contributed by atoms with E-state index < -0.39 is 5.97 Å². The van der Waals surface area contributed by atoms with Gasteiger partial charge in [0.15, 0.2) is 10.9 Å². The molecule has 0 spiro atoms. The van der Waals surface area contributed by atoms with Crippen LogP contribution < -0.4 is 5.56 Å². The molecule has 1 aromatic carbocycles. The number of carbonyl (C=O) groups excluding carboxylic acids is 1. The Morgan fingerprint density at radius 3 is 2.65 bits per heavy atom. The Morgan fingerprint density at radius 2 is 2.00 bits per heavy atom. The molecule has 1 N–H and O–H groups in total. The van der Waals surface area contributed by atoms with Crippen molar-refractivity contribution in [1.82, 2.24) is 9.97 Å². The van der Waals surface area contributed by atoms with Gasteiger partial charge in [0, 0.05) is 0 Å². The molecule has 0 radical (unpaired) electrons. The van der Waals surface area contributed by atoms with Crippen LogP contribution in [-0.2, 0) is 22.7 Å². The van der Waals surface area contributed by atoms with E-state index in [0.29, 0.717) is 11.8 Å². The summed E-state index contributed by atoms with van der Waals surface area (Å²) in [7, 11) is 0. The lowest BCUT2D eigenvalue weighted by Crippen LogP contribution is -2.23. The highest BCUT2D eigenvalue weighted by Crippen LogP contribution is 2.12. The quantitative estimate of drug-likeness (QED) is 0.476. The average Bonchev–Trinajstić information content (AvgIpc) is 2.57. The van der Waals surface area contributed by atoms with Crippen LogP contribution >= 0.6 is 11.8 Å². The fourth-order valence-corrected chi connectivity index (χ4v) is 2.30. The molecular weight excluding hydrogens is 316 g/mol. The molecule has 0 amide bonds. The van der Waals surface area contributed by atoms with Gasteiger partial charge in [-0.2, -0.15) is 0 Å². The van der Waals surface area contributed by atoms with Crippen LogP contribution in [0.5, 0.6) is 0 Å². The molecule has 0 aliphatic heterocycles. The molecule has 0 atom stereocenters. The summed E-state index contributed by atoms with van der Waals surface area (Å²) in [6.07, 6.45) is 1.76. The number of aromatic nitrogens is 2. The molecule has 7 heteroatoms.